The highest BCUT2D eigenvalue weighted by molar-refractivity contribution is 5.62. The van der Waals surface area contributed by atoms with Crippen LogP contribution in [0.2, 0.25) is 0 Å². The van der Waals surface area contributed by atoms with Crippen molar-refractivity contribution < 1.29 is 0 Å². The highest BCUT2D eigenvalue weighted by Crippen LogP contribution is 2.08. The van der Waals surface area contributed by atoms with Crippen LogP contribution >= 0.6 is 0 Å². The van der Waals surface area contributed by atoms with E-state index in [2.05, 4.69) is 18.8 Å². The van der Waals surface area contributed by atoms with Gasteiger partial charge < -0.3 is 0 Å². The molecule has 0 saturated heterocycles. The quantitative estimate of drug-likeness (QED) is 0.455. The van der Waals surface area contributed by atoms with Crippen LogP contribution in [0.3, 0.4) is 0 Å². The zero-order chi connectivity index (χ0) is 13.2. The summed E-state index contributed by atoms with van der Waals surface area (Å²) in [6.07, 6.45) is 4.77. The summed E-state index contributed by atoms with van der Waals surface area (Å²) in [5.74, 6) is 6.20. The lowest BCUT2D eigenvalue weighted by Crippen LogP contribution is -1.78. The second kappa shape index (κ2) is 7.72. The van der Waals surface area contributed by atoms with Crippen LogP contribution in [0.25, 0.3) is 6.08 Å². The van der Waals surface area contributed by atoms with Gasteiger partial charge in [0, 0.05) is 12.0 Å². The summed E-state index contributed by atoms with van der Waals surface area (Å²) in [5.41, 5.74) is 1.91. The molecule has 0 fully saturated rings. The van der Waals surface area contributed by atoms with E-state index in [1.807, 2.05) is 36.4 Å². The average Bonchev–Trinajstić information content (AvgIpc) is 2.42. The van der Waals surface area contributed by atoms with Gasteiger partial charge >= 0.3 is 0 Å². The fraction of sp³-hybridized carbons (Fsp3) is 0.250. The van der Waals surface area contributed by atoms with Crippen molar-refractivity contribution in [1.29, 1.82) is 10.5 Å². The predicted molar refractivity (Wildman–Crippen MR) is 72.0 cm³/mol. The topological polar surface area (TPSA) is 47.6 Å². The van der Waals surface area contributed by atoms with Crippen molar-refractivity contribution in [2.75, 3.05) is 0 Å². The van der Waals surface area contributed by atoms with Gasteiger partial charge in [0.2, 0.25) is 0 Å². The van der Waals surface area contributed by atoms with Crippen molar-refractivity contribution in [2.45, 2.75) is 26.2 Å². The third-order valence-electron chi connectivity index (χ3n) is 2.35. The SMILES string of the molecule is CCCCC#Cc1ccc(C=C(C#N)C#N)cc1. The summed E-state index contributed by atoms with van der Waals surface area (Å²) >= 11 is 0. The molecule has 1 aromatic rings. The van der Waals surface area contributed by atoms with Crippen LogP contribution in [0.1, 0.15) is 37.3 Å². The summed E-state index contributed by atoms with van der Waals surface area (Å²) in [6.45, 7) is 2.14. The molecule has 0 bridgehead atoms. The molecule has 0 spiro atoms. The van der Waals surface area contributed by atoms with Crippen molar-refractivity contribution >= 4 is 6.08 Å². The monoisotopic (exact) mass is 234 g/mol. The van der Waals surface area contributed by atoms with E-state index in [9.17, 15) is 0 Å². The van der Waals surface area contributed by atoms with Crippen molar-refractivity contribution in [1.82, 2.24) is 0 Å². The zero-order valence-corrected chi connectivity index (χ0v) is 10.4. The molecule has 0 amide bonds. The molecule has 2 heteroatoms. The van der Waals surface area contributed by atoms with E-state index in [0.717, 1.165) is 30.4 Å². The van der Waals surface area contributed by atoms with Crippen LogP contribution < -0.4 is 0 Å². The van der Waals surface area contributed by atoms with Crippen LogP contribution in [-0.2, 0) is 0 Å². The molecule has 18 heavy (non-hydrogen) atoms. The van der Waals surface area contributed by atoms with Gasteiger partial charge in [-0.1, -0.05) is 37.3 Å². The molecule has 0 aliphatic carbocycles. The predicted octanol–water partition coefficient (Wildman–Crippen LogP) is 3.66. The van der Waals surface area contributed by atoms with Crippen molar-refractivity contribution in [3.05, 3.63) is 41.0 Å². The maximum absolute atomic E-state index is 8.65. The first-order valence-electron chi connectivity index (χ1n) is 5.91. The highest BCUT2D eigenvalue weighted by atomic mass is 14.3. The lowest BCUT2D eigenvalue weighted by atomic mass is 10.1. The Morgan fingerprint density at radius 2 is 1.83 bits per heavy atom. The van der Waals surface area contributed by atoms with Gasteiger partial charge in [-0.05, 0) is 30.2 Å². The van der Waals surface area contributed by atoms with E-state index in [0.29, 0.717) is 0 Å². The summed E-state index contributed by atoms with van der Waals surface area (Å²) < 4.78 is 0. The van der Waals surface area contributed by atoms with E-state index in [-0.39, 0.29) is 5.57 Å². The molecule has 2 nitrogen and oxygen atoms in total. The lowest BCUT2D eigenvalue weighted by molar-refractivity contribution is 0.828. The largest absolute Gasteiger partial charge is 0.192 e. The van der Waals surface area contributed by atoms with Crippen LogP contribution in [0.4, 0.5) is 0 Å². The molecule has 1 aromatic carbocycles. The summed E-state index contributed by atoms with van der Waals surface area (Å²) in [5, 5.41) is 17.3. The van der Waals surface area contributed by atoms with E-state index in [1.54, 1.807) is 6.08 Å². The summed E-state index contributed by atoms with van der Waals surface area (Å²) in [6, 6.07) is 11.2. The molecule has 0 aromatic heterocycles. The number of benzene rings is 1. The second-order valence-electron chi connectivity index (χ2n) is 3.81. The number of hydrogen-bond acceptors (Lipinski definition) is 2. The van der Waals surface area contributed by atoms with Gasteiger partial charge in [0.25, 0.3) is 0 Å². The van der Waals surface area contributed by atoms with Crippen LogP contribution in [0.5, 0.6) is 0 Å². The molecule has 0 aliphatic heterocycles. The number of unbranched alkanes of at least 4 members (excludes halogenated alkanes) is 2. The van der Waals surface area contributed by atoms with Gasteiger partial charge in [-0.25, -0.2) is 0 Å². The molecule has 88 valence electrons. The number of hydrogen-bond donors (Lipinski definition) is 0. The van der Waals surface area contributed by atoms with Gasteiger partial charge in [-0.15, -0.1) is 0 Å². The van der Waals surface area contributed by atoms with E-state index >= 15 is 0 Å². The third kappa shape index (κ3) is 4.56. The first kappa shape index (κ1) is 13.6. The third-order valence-corrected chi connectivity index (χ3v) is 2.35. The van der Waals surface area contributed by atoms with Crippen LogP contribution in [-0.4, -0.2) is 0 Å². The molecule has 0 unspecified atom stereocenters. The summed E-state index contributed by atoms with van der Waals surface area (Å²) in [7, 11) is 0. The van der Waals surface area contributed by atoms with Gasteiger partial charge in [0.1, 0.15) is 17.7 Å². The Bertz CT molecular complexity index is 538. The first-order chi connectivity index (χ1) is 8.80. The van der Waals surface area contributed by atoms with Crippen LogP contribution in [0.15, 0.2) is 29.8 Å². The van der Waals surface area contributed by atoms with Gasteiger partial charge in [-0.3, -0.25) is 0 Å². The minimum Gasteiger partial charge on any atom is -0.192 e. The fourth-order valence-electron chi connectivity index (χ4n) is 1.35. The molecule has 0 saturated carbocycles. The Morgan fingerprint density at radius 3 is 2.39 bits per heavy atom. The number of nitrogens with zero attached hydrogens (tertiary/aromatic N) is 2. The minimum atomic E-state index is 0.108. The first-order valence-corrected chi connectivity index (χ1v) is 5.91. The summed E-state index contributed by atoms with van der Waals surface area (Å²) in [4.78, 5) is 0. The maximum Gasteiger partial charge on any atom is 0.130 e. The lowest BCUT2D eigenvalue weighted by Gasteiger charge is -1.94. The van der Waals surface area contributed by atoms with Crippen LogP contribution in [0, 0.1) is 34.5 Å². The zero-order valence-electron chi connectivity index (χ0n) is 10.4. The standard InChI is InChI=1S/C16H14N2/c1-2-3-4-5-6-14-7-9-15(10-8-14)11-16(12-17)13-18/h7-11H,2-4H2,1H3. The molecule has 0 atom stereocenters. The Morgan fingerprint density at radius 1 is 1.17 bits per heavy atom. The highest BCUT2D eigenvalue weighted by Gasteiger charge is 1.93. The second-order valence-corrected chi connectivity index (χ2v) is 3.81. The Balaban J connectivity index is 2.75. The molecule has 0 heterocycles. The van der Waals surface area contributed by atoms with E-state index in [4.69, 9.17) is 10.5 Å². The smallest absolute Gasteiger partial charge is 0.130 e. The average molecular weight is 234 g/mol. The molecule has 0 aliphatic rings. The fourth-order valence-corrected chi connectivity index (χ4v) is 1.35. The minimum absolute atomic E-state index is 0.108. The van der Waals surface area contributed by atoms with E-state index in [1.165, 1.54) is 0 Å². The van der Waals surface area contributed by atoms with Gasteiger partial charge in [0.15, 0.2) is 0 Å². The van der Waals surface area contributed by atoms with Gasteiger partial charge in [0.05, 0.1) is 0 Å². The van der Waals surface area contributed by atoms with Crippen molar-refractivity contribution in [3.8, 4) is 24.0 Å². The Hall–Kier alpha value is -2.50. The Labute approximate surface area is 108 Å². The maximum atomic E-state index is 8.65. The molecule has 0 radical (unpaired) electrons. The Kier molecular flexibility index (Phi) is 5.82. The number of allylic oxidation sites excluding steroid dienone is 1. The van der Waals surface area contributed by atoms with Gasteiger partial charge in [-0.2, -0.15) is 10.5 Å². The normalized spacial score (nSPS) is 8.39. The molecule has 1 rings (SSSR count). The number of rotatable bonds is 3. The molecular formula is C16H14N2. The van der Waals surface area contributed by atoms with Crippen molar-refractivity contribution in [3.63, 3.8) is 0 Å². The number of nitriles is 2. The van der Waals surface area contributed by atoms with E-state index < -0.39 is 0 Å². The molecular weight excluding hydrogens is 220 g/mol. The van der Waals surface area contributed by atoms with Crippen molar-refractivity contribution in [2.24, 2.45) is 0 Å². The molecule has 0 N–H and O–H groups in total.